The Morgan fingerprint density at radius 3 is 2.06 bits per heavy atom. The molecule has 0 fully saturated rings. The zero-order chi connectivity index (χ0) is 24.7. The first-order valence-corrected chi connectivity index (χ1v) is 11.4. The quantitative estimate of drug-likeness (QED) is 0.346. The van der Waals surface area contributed by atoms with Crippen molar-refractivity contribution in [3.8, 4) is 41.8 Å². The van der Waals surface area contributed by atoms with Gasteiger partial charge in [0.1, 0.15) is 5.75 Å². The van der Waals surface area contributed by atoms with Gasteiger partial charge in [0.15, 0.2) is 0 Å². The summed E-state index contributed by atoms with van der Waals surface area (Å²) in [7, 11) is 0. The number of aliphatic hydroxyl groups is 1. The van der Waals surface area contributed by atoms with E-state index in [4.69, 9.17) is 16.6 Å². The molecule has 184 valence electrons. The van der Waals surface area contributed by atoms with Crippen LogP contribution in [-0.2, 0) is 12.8 Å². The first-order chi connectivity index (χ1) is 16.1. The molecule has 0 amide bonds. The largest absolute Gasteiger partial charge is 0.508 e. The van der Waals surface area contributed by atoms with E-state index < -0.39 is 0 Å². The highest BCUT2D eigenvalue weighted by molar-refractivity contribution is 5.82. The molecule has 0 unspecified atom stereocenters. The molecule has 3 N–H and O–H groups in total. The summed E-state index contributed by atoms with van der Waals surface area (Å²) in [5, 5.41) is 18.2. The molecule has 0 atom stereocenters. The van der Waals surface area contributed by atoms with Gasteiger partial charge >= 0.3 is 0 Å². The van der Waals surface area contributed by atoms with Crippen LogP contribution in [0.25, 0.3) is 10.9 Å². The molecule has 0 aliphatic heterocycles. The summed E-state index contributed by atoms with van der Waals surface area (Å²) < 4.78 is 0. The van der Waals surface area contributed by atoms with Gasteiger partial charge in [0.05, 0.1) is 0 Å². The van der Waals surface area contributed by atoms with Crippen molar-refractivity contribution >= 4 is 10.9 Å². The van der Waals surface area contributed by atoms with E-state index in [0.29, 0.717) is 12.4 Å². The number of fused-ring (bicyclic) bond motifs is 1. The molecule has 1 aromatic heterocycles. The Balaban J connectivity index is -0.0000000911. The van der Waals surface area contributed by atoms with Crippen molar-refractivity contribution in [3.63, 3.8) is 0 Å². The number of aliphatic hydroxyl groups excluding tert-OH is 1. The van der Waals surface area contributed by atoms with Crippen LogP contribution in [0.1, 0.15) is 65.2 Å². The fraction of sp³-hybridized carbons (Fsp3) is 0.333. The van der Waals surface area contributed by atoms with Gasteiger partial charge in [-0.3, -0.25) is 0 Å². The fourth-order valence-electron chi connectivity index (χ4n) is 2.69. The van der Waals surface area contributed by atoms with Gasteiger partial charge in [0.2, 0.25) is 0 Å². The van der Waals surface area contributed by atoms with Gasteiger partial charge in [-0.05, 0) is 79.2 Å². The number of aromatic hydroxyl groups is 1. The fourth-order valence-corrected chi connectivity index (χ4v) is 2.69. The van der Waals surface area contributed by atoms with Crippen LogP contribution >= 0.6 is 0 Å². The number of para-hydroxylation sites is 1. The number of nitrogens with one attached hydrogen (secondary N) is 1. The molecular weight excluding hydrogens is 406 g/mol. The normalized spacial score (nSPS) is 8.48. The number of benzene rings is 2. The zero-order valence-corrected chi connectivity index (χ0v) is 20.4. The highest BCUT2D eigenvalue weighted by Gasteiger charge is 1.99. The second kappa shape index (κ2) is 20.3. The smallest absolute Gasteiger partial charge is 0.115 e. The minimum Gasteiger partial charge on any atom is -0.508 e. The van der Waals surface area contributed by atoms with Crippen molar-refractivity contribution in [3.05, 3.63) is 65.9 Å². The number of aromatic amines is 1. The van der Waals surface area contributed by atoms with Gasteiger partial charge in [-0.15, -0.1) is 6.42 Å². The highest BCUT2D eigenvalue weighted by atomic mass is 16.3. The standard InChI is InChI=1S/C11H13N.C9H12O.C7H4.C3H8O.5H2/c1-2-5-9-8-12-11-7-4-3-6-10(9)11;1-2-3-8-4-6-9(10)7-5-8;1-3-5-7-6-4-2;1-2-3-4;;;;;/h3-4,6-8,12H,2,5H2,1H3;4-7,10H,2-3H2,1H3;1H,2H3;4H,2-3H2,1H3;5*1H. The van der Waals surface area contributed by atoms with E-state index in [1.165, 1.54) is 34.9 Å². The molecular formula is C30H47NO2. The summed E-state index contributed by atoms with van der Waals surface area (Å²) in [5.41, 5.74) is 3.98. The lowest BCUT2D eigenvalue weighted by molar-refractivity contribution is 0.295. The van der Waals surface area contributed by atoms with Crippen molar-refractivity contribution in [2.24, 2.45) is 0 Å². The molecule has 3 aromatic rings. The van der Waals surface area contributed by atoms with Gasteiger partial charge in [-0.1, -0.05) is 69.9 Å². The van der Waals surface area contributed by atoms with Crippen molar-refractivity contribution in [2.75, 3.05) is 6.61 Å². The predicted octanol–water partition coefficient (Wildman–Crippen LogP) is 7.73. The van der Waals surface area contributed by atoms with E-state index in [2.05, 4.69) is 78.9 Å². The van der Waals surface area contributed by atoms with E-state index in [0.717, 1.165) is 19.3 Å². The first-order valence-electron chi connectivity index (χ1n) is 11.4. The van der Waals surface area contributed by atoms with Gasteiger partial charge in [0.25, 0.3) is 0 Å². The Labute approximate surface area is 207 Å². The van der Waals surface area contributed by atoms with E-state index in [-0.39, 0.29) is 7.13 Å². The molecule has 33 heavy (non-hydrogen) atoms. The number of phenolic OH excluding ortho intramolecular Hbond substituents is 1. The third-order valence-corrected chi connectivity index (χ3v) is 4.22. The number of aryl methyl sites for hydroxylation is 2. The van der Waals surface area contributed by atoms with E-state index in [9.17, 15) is 0 Å². The van der Waals surface area contributed by atoms with Gasteiger partial charge in [0, 0.05) is 30.8 Å². The average molecular weight is 454 g/mol. The van der Waals surface area contributed by atoms with Crippen molar-refractivity contribution in [1.82, 2.24) is 4.98 Å². The van der Waals surface area contributed by atoms with E-state index in [1.54, 1.807) is 19.1 Å². The summed E-state index contributed by atoms with van der Waals surface area (Å²) >= 11 is 0. The number of terminal acetylenes is 1. The molecule has 0 aliphatic carbocycles. The van der Waals surface area contributed by atoms with Gasteiger partial charge < -0.3 is 15.2 Å². The van der Waals surface area contributed by atoms with Crippen LogP contribution in [0.5, 0.6) is 5.75 Å². The number of hydrogen-bond donors (Lipinski definition) is 3. The topological polar surface area (TPSA) is 56.2 Å². The molecule has 3 heteroatoms. The average Bonchev–Trinajstić information content (AvgIpc) is 3.25. The minimum absolute atomic E-state index is 0. The Hall–Kier alpha value is -3.58. The summed E-state index contributed by atoms with van der Waals surface area (Å²) in [5.74, 6) is 12.4. The second-order valence-corrected chi connectivity index (χ2v) is 7.02. The third kappa shape index (κ3) is 14.2. The first kappa shape index (κ1) is 29.4. The molecule has 0 aliphatic rings. The number of aromatic nitrogens is 1. The SMILES string of the molecule is C#CC#CC#CC.CCCO.CCCc1c[nH]c2ccccc12.CCCc1ccc(O)cc1.[HH].[HH].[HH].[HH].[HH]. The number of hydrogen-bond acceptors (Lipinski definition) is 2. The molecule has 2 aromatic carbocycles. The number of phenols is 1. The zero-order valence-electron chi connectivity index (χ0n) is 20.4. The molecule has 1 heterocycles. The Morgan fingerprint density at radius 2 is 1.52 bits per heavy atom. The summed E-state index contributed by atoms with van der Waals surface area (Å²) in [4.78, 5) is 3.27. The third-order valence-electron chi connectivity index (χ3n) is 4.22. The van der Waals surface area contributed by atoms with Crippen LogP contribution in [0, 0.1) is 36.0 Å². The maximum Gasteiger partial charge on any atom is 0.115 e. The van der Waals surface area contributed by atoms with Crippen molar-refractivity contribution < 1.29 is 17.3 Å². The van der Waals surface area contributed by atoms with Crippen LogP contribution in [0.3, 0.4) is 0 Å². The Kier molecular flexibility index (Phi) is 18.1. The van der Waals surface area contributed by atoms with Crippen LogP contribution in [0.4, 0.5) is 0 Å². The van der Waals surface area contributed by atoms with Gasteiger partial charge in [-0.2, -0.15) is 0 Å². The Morgan fingerprint density at radius 1 is 0.879 bits per heavy atom. The molecule has 3 nitrogen and oxygen atoms in total. The van der Waals surface area contributed by atoms with Crippen molar-refractivity contribution in [2.45, 2.75) is 59.8 Å². The van der Waals surface area contributed by atoms with Crippen LogP contribution in [0.15, 0.2) is 54.7 Å². The van der Waals surface area contributed by atoms with Crippen LogP contribution < -0.4 is 0 Å². The van der Waals surface area contributed by atoms with Crippen LogP contribution in [0.2, 0.25) is 0 Å². The predicted molar refractivity (Wildman–Crippen MR) is 152 cm³/mol. The lowest BCUT2D eigenvalue weighted by atomic mass is 10.1. The van der Waals surface area contributed by atoms with Crippen LogP contribution in [-0.4, -0.2) is 21.8 Å². The summed E-state index contributed by atoms with van der Waals surface area (Å²) in [6.45, 7) is 8.32. The van der Waals surface area contributed by atoms with E-state index >= 15 is 0 Å². The molecule has 0 radical (unpaired) electrons. The van der Waals surface area contributed by atoms with Crippen molar-refractivity contribution in [1.29, 1.82) is 0 Å². The van der Waals surface area contributed by atoms with E-state index in [1.807, 2.05) is 19.1 Å². The monoisotopic (exact) mass is 453 g/mol. The molecule has 0 spiro atoms. The maximum absolute atomic E-state index is 8.92. The highest BCUT2D eigenvalue weighted by Crippen LogP contribution is 2.18. The summed E-state index contributed by atoms with van der Waals surface area (Å²) in [6.07, 6.45) is 12.4. The lowest BCUT2D eigenvalue weighted by Crippen LogP contribution is -1.79. The molecule has 3 rings (SSSR count). The number of H-pyrrole nitrogens is 1. The molecule has 0 bridgehead atoms. The maximum atomic E-state index is 8.92. The minimum atomic E-state index is 0. The van der Waals surface area contributed by atoms with Gasteiger partial charge in [-0.25, -0.2) is 0 Å². The molecule has 0 saturated heterocycles. The second-order valence-electron chi connectivity index (χ2n) is 7.02. The number of rotatable bonds is 5. The lowest BCUT2D eigenvalue weighted by Gasteiger charge is -1.96. The Bertz CT molecular complexity index is 1070. The molecule has 0 saturated carbocycles. The summed E-state index contributed by atoms with van der Waals surface area (Å²) in [6, 6.07) is 15.8.